The predicted octanol–water partition coefficient (Wildman–Crippen LogP) is 5.34. The minimum absolute atomic E-state index is 0.00326. The first-order valence-corrected chi connectivity index (χ1v) is 9.11. The molecule has 1 N–H and O–H groups in total. The Morgan fingerprint density at radius 1 is 1.24 bits per heavy atom. The van der Waals surface area contributed by atoms with Crippen LogP contribution in [0, 0.1) is 0 Å². The van der Waals surface area contributed by atoms with Gasteiger partial charge in [-0.05, 0) is 44.0 Å². The fraction of sp³-hybridized carbons (Fsp3) is 0.350. The normalized spacial score (nSPS) is 18.2. The van der Waals surface area contributed by atoms with Gasteiger partial charge in [-0.3, -0.25) is 4.79 Å². The Bertz CT molecular complexity index is 789. The first kappa shape index (κ1) is 18.1. The van der Waals surface area contributed by atoms with Crippen molar-refractivity contribution < 1.29 is 9.53 Å². The summed E-state index contributed by atoms with van der Waals surface area (Å²) in [5.74, 6) is 0.841. The average Bonchev–Trinajstić information content (AvgIpc) is 2.53. The number of carbonyl (C=O) groups is 1. The number of rotatable bonds is 4. The molecule has 2 aromatic rings. The Morgan fingerprint density at radius 2 is 2.00 bits per heavy atom. The molecule has 3 rings (SSSR count). The number of para-hydroxylation sites is 1. The number of carbonyl (C=O) groups excluding carboxylic acids is 1. The monoisotopic (exact) mass is 377 g/mol. The molecule has 0 bridgehead atoms. The summed E-state index contributed by atoms with van der Waals surface area (Å²) in [5, 5.41) is 4.34. The van der Waals surface area contributed by atoms with Crippen molar-refractivity contribution in [3.05, 3.63) is 63.6 Å². The maximum atomic E-state index is 12.5. The van der Waals surface area contributed by atoms with E-state index in [1.165, 1.54) is 0 Å². The number of nitrogens with one attached hydrogen (secondary N) is 1. The summed E-state index contributed by atoms with van der Waals surface area (Å²) in [4.78, 5) is 12.5. The summed E-state index contributed by atoms with van der Waals surface area (Å²) in [6.45, 7) is 4.07. The van der Waals surface area contributed by atoms with Crippen molar-refractivity contribution in [2.24, 2.45) is 0 Å². The molecule has 1 aliphatic rings. The summed E-state index contributed by atoms with van der Waals surface area (Å²) in [7, 11) is 0. The number of benzene rings is 2. The maximum absolute atomic E-state index is 12.5. The molecule has 1 aliphatic heterocycles. The number of fused-ring (bicyclic) bond motifs is 1. The van der Waals surface area contributed by atoms with Crippen LogP contribution in [-0.4, -0.2) is 11.5 Å². The second-order valence-electron chi connectivity index (χ2n) is 6.96. The van der Waals surface area contributed by atoms with Gasteiger partial charge in [-0.2, -0.15) is 0 Å². The van der Waals surface area contributed by atoms with Crippen molar-refractivity contribution in [3.63, 3.8) is 0 Å². The number of ether oxygens (including phenoxy) is 1. The lowest BCUT2D eigenvalue weighted by Gasteiger charge is -2.37. The van der Waals surface area contributed by atoms with Gasteiger partial charge in [0.05, 0.1) is 6.04 Å². The summed E-state index contributed by atoms with van der Waals surface area (Å²) in [5.41, 5.74) is 1.64. The Kier molecular flexibility index (Phi) is 5.26. The topological polar surface area (TPSA) is 38.3 Å². The van der Waals surface area contributed by atoms with Gasteiger partial charge in [0.2, 0.25) is 5.91 Å². The molecule has 0 spiro atoms. The van der Waals surface area contributed by atoms with Crippen LogP contribution in [0.25, 0.3) is 0 Å². The fourth-order valence-electron chi connectivity index (χ4n) is 3.17. The van der Waals surface area contributed by atoms with Crippen LogP contribution in [-0.2, 0) is 11.2 Å². The zero-order valence-electron chi connectivity index (χ0n) is 14.3. The van der Waals surface area contributed by atoms with Crippen LogP contribution in [0.5, 0.6) is 5.75 Å². The van der Waals surface area contributed by atoms with Crippen LogP contribution in [0.15, 0.2) is 42.5 Å². The van der Waals surface area contributed by atoms with Crippen molar-refractivity contribution in [2.45, 2.75) is 44.8 Å². The molecule has 1 atom stereocenters. The molecule has 1 amide bonds. The predicted molar refractivity (Wildman–Crippen MR) is 101 cm³/mol. The molecule has 3 nitrogen and oxygen atoms in total. The summed E-state index contributed by atoms with van der Waals surface area (Å²) in [6, 6.07) is 13.2. The third kappa shape index (κ3) is 4.47. The largest absolute Gasteiger partial charge is 0.487 e. The Hall–Kier alpha value is -1.71. The number of amides is 1. The molecule has 0 radical (unpaired) electrons. The Balaban J connectivity index is 1.66. The highest BCUT2D eigenvalue weighted by Gasteiger charge is 2.34. The van der Waals surface area contributed by atoms with E-state index in [4.69, 9.17) is 27.9 Å². The van der Waals surface area contributed by atoms with Crippen molar-refractivity contribution in [3.8, 4) is 5.75 Å². The number of halogens is 2. The van der Waals surface area contributed by atoms with Crippen LogP contribution in [0.3, 0.4) is 0 Å². The molecule has 0 unspecified atom stereocenters. The van der Waals surface area contributed by atoms with E-state index in [1.54, 1.807) is 12.1 Å². The number of hydrogen-bond acceptors (Lipinski definition) is 2. The molecular weight excluding hydrogens is 357 g/mol. The van der Waals surface area contributed by atoms with Gasteiger partial charge in [0.25, 0.3) is 0 Å². The quantitative estimate of drug-likeness (QED) is 0.780. The van der Waals surface area contributed by atoms with E-state index >= 15 is 0 Å². The molecule has 1 heterocycles. The molecule has 0 aliphatic carbocycles. The minimum atomic E-state index is -0.314. The minimum Gasteiger partial charge on any atom is -0.487 e. The van der Waals surface area contributed by atoms with E-state index in [1.807, 2.05) is 44.2 Å². The molecule has 5 heteroatoms. The van der Waals surface area contributed by atoms with Crippen molar-refractivity contribution in [1.29, 1.82) is 0 Å². The molecule has 0 saturated heterocycles. The first-order valence-electron chi connectivity index (χ1n) is 8.35. The van der Waals surface area contributed by atoms with Gasteiger partial charge in [0.1, 0.15) is 11.4 Å². The highest BCUT2D eigenvalue weighted by atomic mass is 35.5. The van der Waals surface area contributed by atoms with Gasteiger partial charge in [-0.15, -0.1) is 0 Å². The lowest BCUT2D eigenvalue weighted by molar-refractivity contribution is -0.122. The summed E-state index contributed by atoms with van der Waals surface area (Å²) in [6.07, 6.45) is 1.69. The van der Waals surface area contributed by atoms with Gasteiger partial charge < -0.3 is 10.1 Å². The number of aryl methyl sites for hydroxylation is 1. The SMILES string of the molecule is CC1(C)C[C@H](NC(=O)CCc2ccc(Cl)cc2Cl)c2ccccc2O1. The van der Waals surface area contributed by atoms with Gasteiger partial charge >= 0.3 is 0 Å². The summed E-state index contributed by atoms with van der Waals surface area (Å²) >= 11 is 12.1. The maximum Gasteiger partial charge on any atom is 0.220 e. The van der Waals surface area contributed by atoms with Gasteiger partial charge in [0.15, 0.2) is 0 Å². The van der Waals surface area contributed by atoms with Crippen LogP contribution in [0.4, 0.5) is 0 Å². The van der Waals surface area contributed by atoms with Gasteiger partial charge in [-0.1, -0.05) is 47.5 Å². The molecule has 132 valence electrons. The average molecular weight is 378 g/mol. The molecule has 2 aromatic carbocycles. The van der Waals surface area contributed by atoms with Gasteiger partial charge in [0, 0.05) is 28.5 Å². The van der Waals surface area contributed by atoms with Gasteiger partial charge in [-0.25, -0.2) is 0 Å². The molecule has 0 aromatic heterocycles. The third-order valence-electron chi connectivity index (χ3n) is 4.35. The highest BCUT2D eigenvalue weighted by molar-refractivity contribution is 6.35. The second-order valence-corrected chi connectivity index (χ2v) is 7.80. The van der Waals surface area contributed by atoms with E-state index < -0.39 is 0 Å². The zero-order chi connectivity index (χ0) is 18.0. The molecule has 25 heavy (non-hydrogen) atoms. The Morgan fingerprint density at radius 3 is 2.76 bits per heavy atom. The second kappa shape index (κ2) is 7.27. The van der Waals surface area contributed by atoms with E-state index in [9.17, 15) is 4.79 Å². The third-order valence-corrected chi connectivity index (χ3v) is 4.94. The van der Waals surface area contributed by atoms with Crippen LogP contribution in [0.2, 0.25) is 10.0 Å². The van der Waals surface area contributed by atoms with E-state index in [2.05, 4.69) is 5.32 Å². The van der Waals surface area contributed by atoms with E-state index in [0.29, 0.717) is 22.9 Å². The van der Waals surface area contributed by atoms with Crippen molar-refractivity contribution in [1.82, 2.24) is 5.32 Å². The fourth-order valence-corrected chi connectivity index (χ4v) is 3.67. The number of hydrogen-bond donors (Lipinski definition) is 1. The Labute approximate surface area is 158 Å². The first-order chi connectivity index (χ1) is 11.8. The van der Waals surface area contributed by atoms with E-state index in [0.717, 1.165) is 23.3 Å². The summed E-state index contributed by atoms with van der Waals surface area (Å²) < 4.78 is 6.01. The van der Waals surface area contributed by atoms with Crippen molar-refractivity contribution >= 4 is 29.1 Å². The molecule has 0 saturated carbocycles. The van der Waals surface area contributed by atoms with Crippen LogP contribution < -0.4 is 10.1 Å². The smallest absolute Gasteiger partial charge is 0.220 e. The molecular formula is C20H21Cl2NO2. The van der Waals surface area contributed by atoms with Crippen LogP contribution >= 0.6 is 23.2 Å². The van der Waals surface area contributed by atoms with E-state index in [-0.39, 0.29) is 17.6 Å². The standard InChI is InChI=1S/C20H21Cl2NO2/c1-20(2)12-17(15-5-3-4-6-18(15)25-20)23-19(24)10-8-13-7-9-14(21)11-16(13)22/h3-7,9,11,17H,8,10,12H2,1-2H3,(H,23,24)/t17-/m0/s1. The highest BCUT2D eigenvalue weighted by Crippen LogP contribution is 2.39. The molecule has 0 fully saturated rings. The van der Waals surface area contributed by atoms with Crippen molar-refractivity contribution in [2.75, 3.05) is 0 Å². The lowest BCUT2D eigenvalue weighted by Crippen LogP contribution is -2.41. The zero-order valence-corrected chi connectivity index (χ0v) is 15.8. The van der Waals surface area contributed by atoms with Crippen LogP contribution in [0.1, 0.15) is 43.9 Å². The lowest BCUT2D eigenvalue weighted by atomic mass is 9.89.